The molecule has 3 N–H and O–H groups in total. The van der Waals surface area contributed by atoms with Crippen molar-refractivity contribution >= 4 is 11.9 Å². The molecule has 1 fully saturated rings. The predicted molar refractivity (Wildman–Crippen MR) is 53.0 cm³/mol. The van der Waals surface area contributed by atoms with Gasteiger partial charge >= 0.3 is 5.97 Å². The lowest BCUT2D eigenvalue weighted by molar-refractivity contribution is 0.0450. The molecule has 0 spiro atoms. The molecule has 1 aliphatic rings. The second kappa shape index (κ2) is 4.29. The zero-order valence-corrected chi connectivity index (χ0v) is 8.40. The van der Waals surface area contributed by atoms with E-state index in [0.29, 0.717) is 6.61 Å². The van der Waals surface area contributed by atoms with Crippen LogP contribution < -0.4 is 5.73 Å². The van der Waals surface area contributed by atoms with E-state index < -0.39 is 5.97 Å². The smallest absolute Gasteiger partial charge is 0.375 e. The van der Waals surface area contributed by atoms with E-state index in [4.69, 9.17) is 10.5 Å². The molecule has 0 atom stereocenters. The van der Waals surface area contributed by atoms with Crippen LogP contribution in [-0.2, 0) is 4.74 Å². The van der Waals surface area contributed by atoms with Crippen molar-refractivity contribution in [2.24, 2.45) is 5.92 Å². The normalized spacial score (nSPS) is 16.0. The van der Waals surface area contributed by atoms with Crippen molar-refractivity contribution in [3.8, 4) is 0 Å². The number of aromatic amines is 1. The van der Waals surface area contributed by atoms with Crippen molar-refractivity contribution in [2.45, 2.75) is 25.7 Å². The Labute approximate surface area is 87.2 Å². The second-order valence-corrected chi connectivity index (χ2v) is 3.76. The van der Waals surface area contributed by atoms with Crippen molar-refractivity contribution in [3.05, 3.63) is 5.82 Å². The van der Waals surface area contributed by atoms with Crippen LogP contribution in [0.4, 0.5) is 5.95 Å². The molecular formula is C9H14N4O2. The molecule has 0 saturated heterocycles. The minimum Gasteiger partial charge on any atom is -0.460 e. The van der Waals surface area contributed by atoms with Gasteiger partial charge in [-0.2, -0.15) is 4.98 Å². The maximum absolute atomic E-state index is 11.3. The molecule has 1 aliphatic carbocycles. The monoisotopic (exact) mass is 210 g/mol. The van der Waals surface area contributed by atoms with Crippen LogP contribution in [0, 0.1) is 5.92 Å². The van der Waals surface area contributed by atoms with E-state index in [1.807, 2.05) is 0 Å². The number of nitrogens with zero attached hydrogens (tertiary/aromatic N) is 2. The molecule has 0 aliphatic heterocycles. The van der Waals surface area contributed by atoms with Crippen LogP contribution in [0.2, 0.25) is 0 Å². The maximum Gasteiger partial charge on any atom is 0.375 e. The van der Waals surface area contributed by atoms with Gasteiger partial charge in [-0.1, -0.05) is 19.3 Å². The zero-order chi connectivity index (χ0) is 10.7. The molecule has 0 bridgehead atoms. The highest BCUT2D eigenvalue weighted by Crippen LogP contribution is 2.29. The molecule has 0 aromatic carbocycles. The summed E-state index contributed by atoms with van der Waals surface area (Å²) < 4.78 is 5.02. The summed E-state index contributed by atoms with van der Waals surface area (Å²) in [6.07, 6.45) is 4.76. The Morgan fingerprint density at radius 1 is 1.60 bits per heavy atom. The molecule has 6 nitrogen and oxygen atoms in total. The van der Waals surface area contributed by atoms with Crippen LogP contribution >= 0.6 is 0 Å². The fraction of sp³-hybridized carbons (Fsp3) is 0.667. The first kappa shape index (κ1) is 9.95. The number of nitrogen functional groups attached to an aromatic ring is 1. The number of nitrogens with one attached hydrogen (secondary N) is 1. The third-order valence-electron chi connectivity index (χ3n) is 2.68. The number of H-pyrrole nitrogens is 1. The highest BCUT2D eigenvalue weighted by Gasteiger charge is 2.18. The summed E-state index contributed by atoms with van der Waals surface area (Å²) in [4.78, 5) is 15.0. The Balaban J connectivity index is 1.72. The van der Waals surface area contributed by atoms with Crippen molar-refractivity contribution in [1.82, 2.24) is 15.2 Å². The molecule has 1 saturated carbocycles. The topological polar surface area (TPSA) is 93.9 Å². The Hall–Kier alpha value is -1.59. The number of esters is 1. The summed E-state index contributed by atoms with van der Waals surface area (Å²) in [7, 11) is 0. The summed E-state index contributed by atoms with van der Waals surface area (Å²) in [5.41, 5.74) is 5.26. The van der Waals surface area contributed by atoms with Gasteiger partial charge < -0.3 is 10.5 Å². The molecule has 2 rings (SSSR count). The molecule has 1 aromatic heterocycles. The third kappa shape index (κ3) is 2.45. The first-order valence-electron chi connectivity index (χ1n) is 5.10. The summed E-state index contributed by atoms with van der Waals surface area (Å²) >= 11 is 0. The molecule has 82 valence electrons. The van der Waals surface area contributed by atoms with Crippen molar-refractivity contribution in [1.29, 1.82) is 0 Å². The number of hydrogen-bond acceptors (Lipinski definition) is 5. The van der Waals surface area contributed by atoms with Gasteiger partial charge in [0.1, 0.15) is 0 Å². The zero-order valence-electron chi connectivity index (χ0n) is 8.40. The summed E-state index contributed by atoms with van der Waals surface area (Å²) in [5.74, 6) is 0.373. The number of anilines is 1. The molecule has 1 aromatic rings. The van der Waals surface area contributed by atoms with Gasteiger partial charge in [-0.15, -0.1) is 5.10 Å². The number of nitrogens with two attached hydrogens (primary N) is 1. The summed E-state index contributed by atoms with van der Waals surface area (Å²) in [6.45, 7) is 0.449. The fourth-order valence-electron chi connectivity index (χ4n) is 1.53. The average Bonchev–Trinajstić information content (AvgIpc) is 2.56. The van der Waals surface area contributed by atoms with Crippen LogP contribution in [0.1, 0.15) is 36.3 Å². The largest absolute Gasteiger partial charge is 0.460 e. The number of carbonyl (C=O) groups excluding carboxylic acids is 1. The Morgan fingerprint density at radius 2 is 2.40 bits per heavy atom. The first-order chi connectivity index (χ1) is 7.25. The lowest BCUT2D eigenvalue weighted by atomic mass is 9.83. The molecule has 0 unspecified atom stereocenters. The molecule has 1 heterocycles. The number of carbonyl (C=O) groups is 1. The van der Waals surface area contributed by atoms with Gasteiger partial charge in [-0.3, -0.25) is 5.10 Å². The predicted octanol–water partition coefficient (Wildman–Crippen LogP) is 0.734. The minimum absolute atomic E-state index is 0.0564. The van der Waals surface area contributed by atoms with Crippen molar-refractivity contribution in [2.75, 3.05) is 12.3 Å². The third-order valence-corrected chi connectivity index (χ3v) is 2.68. The Morgan fingerprint density at radius 3 is 2.93 bits per heavy atom. The van der Waals surface area contributed by atoms with E-state index in [1.165, 1.54) is 19.3 Å². The van der Waals surface area contributed by atoms with Crippen LogP contribution in [0.3, 0.4) is 0 Å². The lowest BCUT2D eigenvalue weighted by Crippen LogP contribution is -2.16. The van der Waals surface area contributed by atoms with Gasteiger partial charge in [0.15, 0.2) is 0 Å². The highest BCUT2D eigenvalue weighted by molar-refractivity contribution is 5.85. The summed E-state index contributed by atoms with van der Waals surface area (Å²) in [5, 5.41) is 5.96. The fourth-order valence-corrected chi connectivity index (χ4v) is 1.53. The van der Waals surface area contributed by atoms with Gasteiger partial charge in [0.2, 0.25) is 11.8 Å². The number of ether oxygens (including phenoxy) is 1. The molecule has 6 heteroatoms. The van der Waals surface area contributed by atoms with Crippen LogP contribution in [0.5, 0.6) is 0 Å². The molecule has 0 radical (unpaired) electrons. The van der Waals surface area contributed by atoms with E-state index in [-0.39, 0.29) is 11.8 Å². The number of aromatic nitrogens is 3. The van der Waals surface area contributed by atoms with Gasteiger partial charge in [0.25, 0.3) is 0 Å². The Bertz CT molecular complexity index is 346. The van der Waals surface area contributed by atoms with E-state index >= 15 is 0 Å². The summed E-state index contributed by atoms with van der Waals surface area (Å²) in [6, 6.07) is 0. The lowest BCUT2D eigenvalue weighted by Gasteiger charge is -2.24. The quantitative estimate of drug-likeness (QED) is 0.714. The van der Waals surface area contributed by atoms with Crippen LogP contribution in [0.15, 0.2) is 0 Å². The average molecular weight is 210 g/mol. The van der Waals surface area contributed by atoms with E-state index in [1.54, 1.807) is 0 Å². The second-order valence-electron chi connectivity index (χ2n) is 3.76. The van der Waals surface area contributed by atoms with E-state index in [2.05, 4.69) is 15.2 Å². The SMILES string of the molecule is Nc1n[nH]c(C(=O)OCCC2CCC2)n1. The maximum atomic E-state index is 11.3. The molecule has 15 heavy (non-hydrogen) atoms. The van der Waals surface area contributed by atoms with Crippen molar-refractivity contribution < 1.29 is 9.53 Å². The Kier molecular flexibility index (Phi) is 2.84. The van der Waals surface area contributed by atoms with Crippen molar-refractivity contribution in [3.63, 3.8) is 0 Å². The molecule has 0 amide bonds. The standard InChI is InChI=1S/C9H14N4O2/c10-9-11-7(12-13-9)8(14)15-5-4-6-2-1-3-6/h6H,1-5H2,(H3,10,11,12,13). The van der Waals surface area contributed by atoms with Gasteiger partial charge in [-0.05, 0) is 12.3 Å². The van der Waals surface area contributed by atoms with E-state index in [0.717, 1.165) is 12.3 Å². The van der Waals surface area contributed by atoms with E-state index in [9.17, 15) is 4.79 Å². The van der Waals surface area contributed by atoms with Gasteiger partial charge in [0, 0.05) is 0 Å². The first-order valence-corrected chi connectivity index (χ1v) is 5.10. The van der Waals surface area contributed by atoms with Gasteiger partial charge in [0.05, 0.1) is 6.61 Å². The minimum atomic E-state index is -0.487. The molecular weight excluding hydrogens is 196 g/mol. The van der Waals surface area contributed by atoms with Gasteiger partial charge in [-0.25, -0.2) is 4.79 Å². The highest BCUT2D eigenvalue weighted by atomic mass is 16.5. The van der Waals surface area contributed by atoms with Crippen LogP contribution in [-0.4, -0.2) is 27.8 Å². The van der Waals surface area contributed by atoms with Crippen LogP contribution in [0.25, 0.3) is 0 Å². The number of hydrogen-bond donors (Lipinski definition) is 2. The number of rotatable bonds is 4.